The Morgan fingerprint density at radius 3 is 2.88 bits per heavy atom. The molecule has 0 bridgehead atoms. The maximum atomic E-state index is 12.2. The monoisotopic (exact) mass is 354 g/mol. The van der Waals surface area contributed by atoms with Gasteiger partial charge in [-0.2, -0.15) is 0 Å². The van der Waals surface area contributed by atoms with Gasteiger partial charge in [0, 0.05) is 12.1 Å². The minimum atomic E-state index is -2.95. The third-order valence-electron chi connectivity index (χ3n) is 4.35. The van der Waals surface area contributed by atoms with E-state index in [4.69, 9.17) is 9.94 Å². The van der Waals surface area contributed by atoms with Crippen LogP contribution in [0.5, 0.6) is 5.75 Å². The van der Waals surface area contributed by atoms with Gasteiger partial charge in [0.05, 0.1) is 17.2 Å². The summed E-state index contributed by atoms with van der Waals surface area (Å²) in [4.78, 5) is 25.2. The van der Waals surface area contributed by atoms with E-state index in [2.05, 4.69) is 0 Å². The molecule has 2 N–H and O–H groups in total. The SMILES string of the molecule is O=C(NO)c1ccc2c(c1)N(CCC1CCS(=O)(=O)C1)C(=O)CO2. The Morgan fingerprint density at radius 2 is 2.21 bits per heavy atom. The number of carbonyl (C=O) groups excluding carboxylic acids is 2. The fraction of sp³-hybridized carbons (Fsp3) is 0.467. The zero-order valence-corrected chi connectivity index (χ0v) is 13.7. The van der Waals surface area contributed by atoms with Crippen molar-refractivity contribution in [2.24, 2.45) is 5.92 Å². The first-order valence-corrected chi connectivity index (χ1v) is 9.44. The average Bonchev–Trinajstić information content (AvgIpc) is 2.91. The van der Waals surface area contributed by atoms with Crippen LogP contribution in [-0.4, -0.2) is 50.1 Å². The van der Waals surface area contributed by atoms with Crippen molar-refractivity contribution in [3.8, 4) is 5.75 Å². The lowest BCUT2D eigenvalue weighted by molar-refractivity contribution is -0.121. The van der Waals surface area contributed by atoms with Crippen LogP contribution >= 0.6 is 0 Å². The topological polar surface area (TPSA) is 113 Å². The van der Waals surface area contributed by atoms with Gasteiger partial charge in [-0.05, 0) is 37.0 Å². The lowest BCUT2D eigenvalue weighted by Gasteiger charge is -2.30. The number of carbonyl (C=O) groups is 2. The summed E-state index contributed by atoms with van der Waals surface area (Å²) in [5.41, 5.74) is 2.20. The van der Waals surface area contributed by atoms with Gasteiger partial charge in [0.1, 0.15) is 5.75 Å². The summed E-state index contributed by atoms with van der Waals surface area (Å²) >= 11 is 0. The maximum absolute atomic E-state index is 12.2. The predicted octanol–water partition coefficient (Wildman–Crippen LogP) is 0.356. The summed E-state index contributed by atoms with van der Waals surface area (Å²) in [7, 11) is -2.95. The van der Waals surface area contributed by atoms with Gasteiger partial charge in [-0.3, -0.25) is 14.8 Å². The highest BCUT2D eigenvalue weighted by Crippen LogP contribution is 2.34. The molecule has 2 amide bonds. The Morgan fingerprint density at radius 1 is 1.42 bits per heavy atom. The molecule has 0 radical (unpaired) electrons. The van der Waals surface area contributed by atoms with Crippen molar-refractivity contribution >= 4 is 27.3 Å². The van der Waals surface area contributed by atoms with Gasteiger partial charge >= 0.3 is 0 Å². The van der Waals surface area contributed by atoms with Crippen LogP contribution in [0.15, 0.2) is 18.2 Å². The van der Waals surface area contributed by atoms with Crippen LogP contribution in [0.3, 0.4) is 0 Å². The Balaban J connectivity index is 1.78. The van der Waals surface area contributed by atoms with E-state index in [1.165, 1.54) is 17.0 Å². The number of benzene rings is 1. The Hall–Kier alpha value is -2.13. The number of rotatable bonds is 4. The van der Waals surface area contributed by atoms with E-state index in [1.54, 1.807) is 11.5 Å². The molecule has 0 aromatic heterocycles. The maximum Gasteiger partial charge on any atom is 0.274 e. The molecule has 2 aliphatic rings. The molecule has 2 aliphatic heterocycles. The molecule has 130 valence electrons. The zero-order valence-electron chi connectivity index (χ0n) is 12.9. The van der Waals surface area contributed by atoms with Crippen LogP contribution in [0, 0.1) is 5.92 Å². The molecule has 1 aromatic carbocycles. The van der Waals surface area contributed by atoms with E-state index < -0.39 is 15.7 Å². The molecule has 1 saturated heterocycles. The normalized spacial score (nSPS) is 22.0. The van der Waals surface area contributed by atoms with E-state index in [-0.39, 0.29) is 35.5 Å². The molecule has 0 aliphatic carbocycles. The van der Waals surface area contributed by atoms with Crippen molar-refractivity contribution in [1.82, 2.24) is 5.48 Å². The Labute approximate surface area is 139 Å². The fourth-order valence-corrected chi connectivity index (χ4v) is 4.98. The second kappa shape index (κ2) is 6.40. The van der Waals surface area contributed by atoms with Crippen LogP contribution in [0.1, 0.15) is 23.2 Å². The smallest absolute Gasteiger partial charge is 0.274 e. The van der Waals surface area contributed by atoms with E-state index in [1.807, 2.05) is 0 Å². The highest BCUT2D eigenvalue weighted by atomic mass is 32.2. The summed E-state index contributed by atoms with van der Waals surface area (Å²) in [5, 5.41) is 8.74. The van der Waals surface area contributed by atoms with Crippen LogP contribution in [-0.2, 0) is 14.6 Å². The largest absolute Gasteiger partial charge is 0.482 e. The van der Waals surface area contributed by atoms with Crippen molar-refractivity contribution in [1.29, 1.82) is 0 Å². The number of hydrogen-bond acceptors (Lipinski definition) is 6. The molecule has 1 unspecified atom stereocenters. The van der Waals surface area contributed by atoms with E-state index >= 15 is 0 Å². The third-order valence-corrected chi connectivity index (χ3v) is 6.19. The molecule has 0 saturated carbocycles. The second-order valence-electron chi connectivity index (χ2n) is 6.02. The van der Waals surface area contributed by atoms with Crippen molar-refractivity contribution < 1.29 is 28.0 Å². The standard InChI is InChI=1S/C15H18N2O6S/c18-14-8-23-13-2-1-11(15(19)16-20)7-12(13)17(14)5-3-10-4-6-24(21,22)9-10/h1-2,7,10,20H,3-6,8-9H2,(H,16,19). The van der Waals surface area contributed by atoms with Crippen molar-refractivity contribution in [2.75, 3.05) is 29.6 Å². The number of hydrogen-bond donors (Lipinski definition) is 2. The molecule has 0 spiro atoms. The van der Waals surface area contributed by atoms with Crippen molar-refractivity contribution in [3.05, 3.63) is 23.8 Å². The summed E-state index contributed by atoms with van der Waals surface area (Å²) in [6.07, 6.45) is 1.18. The number of ether oxygens (including phenoxy) is 1. The molecule has 8 nitrogen and oxygen atoms in total. The van der Waals surface area contributed by atoms with Crippen LogP contribution in [0.25, 0.3) is 0 Å². The molecule has 24 heavy (non-hydrogen) atoms. The quantitative estimate of drug-likeness (QED) is 0.596. The Kier molecular flexibility index (Phi) is 4.46. The van der Waals surface area contributed by atoms with Crippen molar-refractivity contribution in [2.45, 2.75) is 12.8 Å². The molecule has 1 atom stereocenters. The first-order valence-electron chi connectivity index (χ1n) is 7.62. The van der Waals surface area contributed by atoms with Crippen LogP contribution in [0.2, 0.25) is 0 Å². The molecular weight excluding hydrogens is 336 g/mol. The van der Waals surface area contributed by atoms with E-state index in [0.717, 1.165) is 0 Å². The summed E-state index contributed by atoms with van der Waals surface area (Å²) in [6.45, 7) is 0.265. The lowest BCUT2D eigenvalue weighted by Crippen LogP contribution is -2.40. The molecular formula is C15H18N2O6S. The number of nitrogens with zero attached hydrogens (tertiary/aromatic N) is 1. The first-order chi connectivity index (χ1) is 11.4. The Bertz CT molecular complexity index is 776. The van der Waals surface area contributed by atoms with Gasteiger partial charge in [0.25, 0.3) is 11.8 Å². The van der Waals surface area contributed by atoms with Gasteiger partial charge in [-0.25, -0.2) is 13.9 Å². The van der Waals surface area contributed by atoms with Gasteiger partial charge in [-0.1, -0.05) is 0 Å². The number of fused-ring (bicyclic) bond motifs is 1. The first kappa shape index (κ1) is 16.7. The average molecular weight is 354 g/mol. The second-order valence-corrected chi connectivity index (χ2v) is 8.24. The van der Waals surface area contributed by atoms with E-state index in [9.17, 15) is 18.0 Å². The number of sulfone groups is 1. The highest BCUT2D eigenvalue weighted by Gasteiger charge is 2.31. The van der Waals surface area contributed by atoms with Crippen LogP contribution < -0.4 is 15.1 Å². The van der Waals surface area contributed by atoms with E-state index in [0.29, 0.717) is 30.8 Å². The minimum absolute atomic E-state index is 0.0398. The van der Waals surface area contributed by atoms with Gasteiger partial charge in [0.2, 0.25) is 0 Å². The van der Waals surface area contributed by atoms with Gasteiger partial charge in [-0.15, -0.1) is 0 Å². The molecule has 1 aromatic rings. The number of anilines is 1. The number of nitrogens with one attached hydrogen (secondary N) is 1. The van der Waals surface area contributed by atoms with Gasteiger partial charge in [0.15, 0.2) is 16.4 Å². The third kappa shape index (κ3) is 3.36. The molecule has 3 rings (SSSR count). The zero-order chi connectivity index (χ0) is 17.3. The molecule has 2 heterocycles. The lowest BCUT2D eigenvalue weighted by atomic mass is 10.0. The summed E-state index contributed by atoms with van der Waals surface area (Å²) in [6, 6.07) is 4.53. The predicted molar refractivity (Wildman–Crippen MR) is 84.9 cm³/mol. The molecule has 9 heteroatoms. The highest BCUT2D eigenvalue weighted by molar-refractivity contribution is 7.91. The van der Waals surface area contributed by atoms with Gasteiger partial charge < -0.3 is 9.64 Å². The minimum Gasteiger partial charge on any atom is -0.482 e. The van der Waals surface area contributed by atoms with Crippen LogP contribution in [0.4, 0.5) is 5.69 Å². The molecule has 1 fully saturated rings. The summed E-state index contributed by atoms with van der Waals surface area (Å²) < 4.78 is 28.4. The van der Waals surface area contributed by atoms with Crippen molar-refractivity contribution in [3.63, 3.8) is 0 Å². The fourth-order valence-electron chi connectivity index (χ4n) is 3.06. The summed E-state index contributed by atoms with van der Waals surface area (Å²) in [5.74, 6) is -0.0546. The number of hydroxylamine groups is 1. The number of amides is 2.